The number of carbonyl (C=O) groups is 2. The van der Waals surface area contributed by atoms with Crippen LogP contribution in [0.1, 0.15) is 39.2 Å². The lowest BCUT2D eigenvalue weighted by Crippen LogP contribution is -2.33. The summed E-state index contributed by atoms with van der Waals surface area (Å²) in [4.78, 5) is 35.9. The number of fused-ring (bicyclic) bond motifs is 2. The highest BCUT2D eigenvalue weighted by atomic mass is 35.5. The summed E-state index contributed by atoms with van der Waals surface area (Å²) in [5, 5.41) is 1.20. The van der Waals surface area contributed by atoms with Crippen molar-refractivity contribution in [1.29, 1.82) is 0 Å². The van der Waals surface area contributed by atoms with Gasteiger partial charge < -0.3 is 0 Å². The molecule has 5 rings (SSSR count). The van der Waals surface area contributed by atoms with Crippen molar-refractivity contribution in [1.82, 2.24) is 14.9 Å². The van der Waals surface area contributed by atoms with Crippen molar-refractivity contribution in [3.05, 3.63) is 94.5 Å². The molecule has 152 valence electrons. The number of halogens is 2. The first-order valence-electron chi connectivity index (χ1n) is 9.62. The summed E-state index contributed by atoms with van der Waals surface area (Å²) in [7, 11) is 0. The first-order valence-corrected chi connectivity index (χ1v) is 10.0. The third-order valence-electron chi connectivity index (χ3n) is 5.47. The van der Waals surface area contributed by atoms with Gasteiger partial charge in [0.05, 0.1) is 39.6 Å². The summed E-state index contributed by atoms with van der Waals surface area (Å²) in [6, 6.07) is 14.6. The average molecular weight is 432 g/mol. The summed E-state index contributed by atoms with van der Waals surface area (Å²) < 4.78 is 13.9. The molecule has 0 radical (unpaired) electrons. The fourth-order valence-corrected chi connectivity index (χ4v) is 4.19. The largest absolute Gasteiger partial charge is 0.269 e. The van der Waals surface area contributed by atoms with Gasteiger partial charge in [0.1, 0.15) is 5.82 Å². The van der Waals surface area contributed by atoms with Crippen LogP contribution in [0.4, 0.5) is 4.39 Å². The van der Waals surface area contributed by atoms with Crippen molar-refractivity contribution in [3.8, 4) is 11.3 Å². The van der Waals surface area contributed by atoms with Gasteiger partial charge in [-0.05, 0) is 37.3 Å². The molecule has 3 heterocycles. The predicted octanol–water partition coefficient (Wildman–Crippen LogP) is 5.45. The van der Waals surface area contributed by atoms with Crippen molar-refractivity contribution in [2.24, 2.45) is 0 Å². The van der Waals surface area contributed by atoms with Gasteiger partial charge >= 0.3 is 0 Å². The van der Waals surface area contributed by atoms with Gasteiger partial charge in [0.25, 0.3) is 11.8 Å². The fourth-order valence-electron chi connectivity index (χ4n) is 3.97. The van der Waals surface area contributed by atoms with E-state index >= 15 is 0 Å². The molecule has 2 aromatic carbocycles. The Balaban J connectivity index is 1.71. The van der Waals surface area contributed by atoms with Gasteiger partial charge in [-0.25, -0.2) is 9.37 Å². The summed E-state index contributed by atoms with van der Waals surface area (Å²) in [5.41, 5.74) is 2.71. The zero-order chi connectivity index (χ0) is 21.7. The van der Waals surface area contributed by atoms with Crippen molar-refractivity contribution in [3.63, 3.8) is 0 Å². The molecule has 1 atom stereocenters. The molecule has 0 aliphatic carbocycles. The minimum absolute atomic E-state index is 0.366. The van der Waals surface area contributed by atoms with Crippen LogP contribution in [-0.2, 0) is 0 Å². The zero-order valence-corrected chi connectivity index (χ0v) is 17.1. The van der Waals surface area contributed by atoms with Gasteiger partial charge in [0, 0.05) is 22.7 Å². The van der Waals surface area contributed by atoms with Gasteiger partial charge in [-0.15, -0.1) is 0 Å². The Hall–Kier alpha value is -3.64. The third kappa shape index (κ3) is 3.07. The molecular weight excluding hydrogens is 417 g/mol. The number of pyridine rings is 2. The standard InChI is InChI=1S/C24H15ClFN3O2/c1-13(29-23(30)17-6-2-3-7-18(17)24(29)31)19-10-14-5-4-8-20(25)22(14)28-21(19)15-9-16(26)12-27-11-15/h2-13H,1H3/t13-/m0/s1. The van der Waals surface area contributed by atoms with Crippen LogP contribution in [-0.4, -0.2) is 26.7 Å². The van der Waals surface area contributed by atoms with Crippen LogP contribution in [0, 0.1) is 5.82 Å². The highest BCUT2D eigenvalue weighted by Gasteiger charge is 2.39. The van der Waals surface area contributed by atoms with Crippen molar-refractivity contribution in [2.75, 3.05) is 0 Å². The van der Waals surface area contributed by atoms with Crippen LogP contribution >= 0.6 is 11.6 Å². The van der Waals surface area contributed by atoms with Crippen LogP contribution in [0.2, 0.25) is 5.02 Å². The molecule has 0 saturated heterocycles. The number of para-hydroxylation sites is 1. The number of aromatic nitrogens is 2. The van der Waals surface area contributed by atoms with E-state index in [2.05, 4.69) is 9.97 Å². The Morgan fingerprint density at radius 2 is 1.68 bits per heavy atom. The summed E-state index contributed by atoms with van der Waals surface area (Å²) in [6.45, 7) is 1.76. The Bertz CT molecular complexity index is 1350. The predicted molar refractivity (Wildman–Crippen MR) is 115 cm³/mol. The van der Waals surface area contributed by atoms with E-state index < -0.39 is 11.9 Å². The van der Waals surface area contributed by atoms with E-state index in [0.717, 1.165) is 11.6 Å². The molecule has 5 nitrogen and oxygen atoms in total. The second-order valence-corrected chi connectivity index (χ2v) is 7.74. The van der Waals surface area contributed by atoms with E-state index in [9.17, 15) is 14.0 Å². The number of hydrogen-bond acceptors (Lipinski definition) is 4. The summed E-state index contributed by atoms with van der Waals surface area (Å²) >= 11 is 6.34. The number of rotatable bonds is 3. The Labute approximate surface area is 182 Å². The Morgan fingerprint density at radius 1 is 0.968 bits per heavy atom. The maximum Gasteiger partial charge on any atom is 0.262 e. The monoisotopic (exact) mass is 431 g/mol. The SMILES string of the molecule is C[C@@H](c1cc2cccc(Cl)c2nc1-c1cncc(F)c1)N1C(=O)c2ccccc2C1=O. The van der Waals surface area contributed by atoms with Gasteiger partial charge in [0.15, 0.2) is 0 Å². The van der Waals surface area contributed by atoms with Crippen LogP contribution in [0.15, 0.2) is 67.0 Å². The van der Waals surface area contributed by atoms with E-state index in [1.54, 1.807) is 43.3 Å². The van der Waals surface area contributed by atoms with E-state index in [1.165, 1.54) is 17.2 Å². The summed E-state index contributed by atoms with van der Waals surface area (Å²) in [6.07, 6.45) is 2.59. The first kappa shape index (κ1) is 19.3. The minimum atomic E-state index is -0.651. The second-order valence-electron chi connectivity index (χ2n) is 7.33. The number of amides is 2. The molecule has 2 aromatic heterocycles. The normalized spacial score (nSPS) is 14.2. The number of benzene rings is 2. The number of carbonyl (C=O) groups excluding carboxylic acids is 2. The molecule has 1 aliphatic rings. The molecular formula is C24H15ClFN3O2. The molecule has 0 saturated carbocycles. The lowest BCUT2D eigenvalue weighted by Gasteiger charge is -2.25. The molecule has 31 heavy (non-hydrogen) atoms. The van der Waals surface area contributed by atoms with Crippen LogP contribution in [0.25, 0.3) is 22.2 Å². The number of imide groups is 1. The van der Waals surface area contributed by atoms with Crippen LogP contribution in [0.3, 0.4) is 0 Å². The number of hydrogen-bond donors (Lipinski definition) is 0. The lowest BCUT2D eigenvalue weighted by atomic mass is 9.98. The van der Waals surface area contributed by atoms with E-state index in [0.29, 0.717) is 38.5 Å². The van der Waals surface area contributed by atoms with E-state index in [-0.39, 0.29) is 11.8 Å². The molecule has 1 aliphatic heterocycles. The van der Waals surface area contributed by atoms with Crippen molar-refractivity contribution >= 4 is 34.3 Å². The Morgan fingerprint density at radius 3 is 2.35 bits per heavy atom. The third-order valence-corrected chi connectivity index (χ3v) is 5.77. The smallest absolute Gasteiger partial charge is 0.262 e. The first-order chi connectivity index (χ1) is 15.0. The maximum atomic E-state index is 13.9. The molecule has 0 fully saturated rings. The average Bonchev–Trinajstić information content (AvgIpc) is 3.03. The van der Waals surface area contributed by atoms with Crippen molar-refractivity contribution in [2.45, 2.75) is 13.0 Å². The van der Waals surface area contributed by atoms with Crippen molar-refractivity contribution < 1.29 is 14.0 Å². The molecule has 4 aromatic rings. The maximum absolute atomic E-state index is 13.9. The van der Waals surface area contributed by atoms with Gasteiger partial charge in [-0.2, -0.15) is 0 Å². The Kier molecular flexibility index (Phi) is 4.52. The molecule has 0 unspecified atom stereocenters. The highest BCUT2D eigenvalue weighted by molar-refractivity contribution is 6.35. The molecule has 7 heteroatoms. The molecule has 0 spiro atoms. The second kappa shape index (κ2) is 7.25. The minimum Gasteiger partial charge on any atom is -0.269 e. The van der Waals surface area contributed by atoms with Crippen LogP contribution in [0.5, 0.6) is 0 Å². The van der Waals surface area contributed by atoms with E-state index in [1.807, 2.05) is 12.1 Å². The highest BCUT2D eigenvalue weighted by Crippen LogP contribution is 2.37. The number of nitrogens with zero attached hydrogens (tertiary/aromatic N) is 3. The topological polar surface area (TPSA) is 63.2 Å². The summed E-state index contributed by atoms with van der Waals surface area (Å²) in [5.74, 6) is -1.26. The lowest BCUT2D eigenvalue weighted by molar-refractivity contribution is 0.0595. The van der Waals surface area contributed by atoms with Gasteiger partial charge in [0.2, 0.25) is 0 Å². The molecule has 0 bridgehead atoms. The zero-order valence-electron chi connectivity index (χ0n) is 16.3. The van der Waals surface area contributed by atoms with Gasteiger partial charge in [-0.1, -0.05) is 35.9 Å². The molecule has 0 N–H and O–H groups in total. The van der Waals surface area contributed by atoms with Gasteiger partial charge in [-0.3, -0.25) is 19.5 Å². The molecule has 2 amide bonds. The fraction of sp³-hybridized carbons (Fsp3) is 0.0833. The van der Waals surface area contributed by atoms with E-state index in [4.69, 9.17) is 11.6 Å². The quantitative estimate of drug-likeness (QED) is 0.405. The van der Waals surface area contributed by atoms with Crippen LogP contribution < -0.4 is 0 Å².